The maximum absolute atomic E-state index is 5.94. The predicted octanol–water partition coefficient (Wildman–Crippen LogP) is 2.85. The number of ether oxygens (including phenoxy) is 1. The van der Waals surface area contributed by atoms with E-state index < -0.39 is 0 Å². The summed E-state index contributed by atoms with van der Waals surface area (Å²) in [5, 5.41) is 0.665. The molecule has 0 saturated heterocycles. The van der Waals surface area contributed by atoms with Gasteiger partial charge in [0.05, 0.1) is 5.02 Å². The highest BCUT2D eigenvalue weighted by Gasteiger charge is 2.31. The van der Waals surface area contributed by atoms with Gasteiger partial charge in [-0.05, 0) is 32.0 Å². The second kappa shape index (κ2) is 2.40. The summed E-state index contributed by atoms with van der Waals surface area (Å²) in [5.74, 6) is 0.834. The zero-order chi connectivity index (χ0) is 8.77. The zero-order valence-corrected chi connectivity index (χ0v) is 7.90. The summed E-state index contributed by atoms with van der Waals surface area (Å²) in [6, 6.07) is 6.67. The van der Waals surface area contributed by atoms with Gasteiger partial charge in [0.2, 0.25) is 0 Å². The van der Waals surface area contributed by atoms with Gasteiger partial charge >= 0.3 is 0 Å². The van der Waals surface area contributed by atoms with Crippen molar-refractivity contribution in [2.75, 3.05) is 0 Å². The number of rotatable bonds is 0. The maximum Gasteiger partial charge on any atom is 0.142 e. The average molecular weight is 182 g/mol. The van der Waals surface area contributed by atoms with Crippen molar-refractivity contribution in [1.29, 1.82) is 0 Å². The fourth-order valence-corrected chi connectivity index (χ4v) is 1.74. The Kier molecular flexibility index (Phi) is 1.58. The van der Waals surface area contributed by atoms with Crippen molar-refractivity contribution >= 4 is 11.6 Å². The molecule has 0 fully saturated rings. The van der Waals surface area contributed by atoms with Gasteiger partial charge in [-0.25, -0.2) is 0 Å². The van der Waals surface area contributed by atoms with Crippen LogP contribution in [-0.2, 0) is 6.42 Å². The predicted molar refractivity (Wildman–Crippen MR) is 48.7 cm³/mol. The van der Waals surface area contributed by atoms with E-state index in [2.05, 4.69) is 19.9 Å². The second-order valence-corrected chi connectivity index (χ2v) is 4.10. The molecular weight excluding hydrogens is 172 g/mol. The van der Waals surface area contributed by atoms with Crippen molar-refractivity contribution in [1.82, 2.24) is 0 Å². The van der Waals surface area contributed by atoms with Gasteiger partial charge < -0.3 is 4.74 Å². The second-order valence-electron chi connectivity index (χ2n) is 3.70. The molecule has 12 heavy (non-hydrogen) atoms. The largest absolute Gasteiger partial charge is 0.486 e. The molecule has 0 saturated carbocycles. The molecule has 0 spiro atoms. The molecular formula is C10H10ClO. The fourth-order valence-electron chi connectivity index (χ4n) is 1.52. The van der Waals surface area contributed by atoms with Crippen molar-refractivity contribution in [3.8, 4) is 5.75 Å². The van der Waals surface area contributed by atoms with E-state index in [0.717, 1.165) is 17.7 Å². The number of benzene rings is 1. The van der Waals surface area contributed by atoms with Crippen LogP contribution in [0.25, 0.3) is 0 Å². The molecule has 0 bridgehead atoms. The Morgan fingerprint density at radius 2 is 2.25 bits per heavy atom. The minimum atomic E-state index is -0.110. The molecule has 0 aromatic heterocycles. The summed E-state index contributed by atoms with van der Waals surface area (Å²) in [4.78, 5) is 0. The lowest BCUT2D eigenvalue weighted by molar-refractivity contribution is 0.138. The van der Waals surface area contributed by atoms with Crippen LogP contribution in [0.4, 0.5) is 0 Å². The van der Waals surface area contributed by atoms with Gasteiger partial charge in [0.25, 0.3) is 0 Å². The molecule has 1 radical (unpaired) electrons. The quantitative estimate of drug-likeness (QED) is 0.598. The average Bonchev–Trinajstić information content (AvgIpc) is 2.25. The monoisotopic (exact) mass is 181 g/mol. The summed E-state index contributed by atoms with van der Waals surface area (Å²) in [7, 11) is 0. The Balaban J connectivity index is 2.48. The van der Waals surface area contributed by atoms with Gasteiger partial charge in [-0.2, -0.15) is 0 Å². The Morgan fingerprint density at radius 3 is 2.92 bits per heavy atom. The normalized spacial score (nSPS) is 18.6. The molecule has 63 valence electrons. The highest BCUT2D eigenvalue weighted by atomic mass is 35.5. The minimum Gasteiger partial charge on any atom is -0.486 e. The summed E-state index contributed by atoms with van der Waals surface area (Å²) in [5.41, 5.74) is 1.05. The van der Waals surface area contributed by atoms with E-state index >= 15 is 0 Å². The first kappa shape index (κ1) is 7.93. The van der Waals surface area contributed by atoms with E-state index in [4.69, 9.17) is 16.3 Å². The van der Waals surface area contributed by atoms with Gasteiger partial charge in [0.15, 0.2) is 0 Å². The minimum absolute atomic E-state index is 0.110. The van der Waals surface area contributed by atoms with E-state index in [9.17, 15) is 0 Å². The summed E-state index contributed by atoms with van der Waals surface area (Å²) in [6.45, 7) is 4.12. The summed E-state index contributed by atoms with van der Waals surface area (Å²) in [6.07, 6.45) is 0.916. The van der Waals surface area contributed by atoms with Crippen molar-refractivity contribution in [3.63, 3.8) is 0 Å². The molecule has 0 amide bonds. The van der Waals surface area contributed by atoms with E-state index in [1.54, 1.807) is 6.07 Å². The molecule has 1 aromatic carbocycles. The van der Waals surface area contributed by atoms with Crippen molar-refractivity contribution in [3.05, 3.63) is 28.8 Å². The molecule has 1 aromatic rings. The van der Waals surface area contributed by atoms with Crippen molar-refractivity contribution < 1.29 is 4.74 Å². The number of hydrogen-bond acceptors (Lipinski definition) is 1. The maximum atomic E-state index is 5.94. The van der Waals surface area contributed by atoms with Crippen LogP contribution in [0.5, 0.6) is 5.75 Å². The summed E-state index contributed by atoms with van der Waals surface area (Å²) >= 11 is 5.94. The van der Waals surface area contributed by atoms with E-state index in [1.807, 2.05) is 6.07 Å². The van der Waals surface area contributed by atoms with Gasteiger partial charge in [-0.15, -0.1) is 0 Å². The van der Waals surface area contributed by atoms with Gasteiger partial charge in [0, 0.05) is 12.0 Å². The third-order valence-electron chi connectivity index (χ3n) is 1.97. The molecule has 1 nitrogen and oxygen atoms in total. The van der Waals surface area contributed by atoms with Crippen molar-refractivity contribution in [2.45, 2.75) is 25.9 Å². The lowest BCUT2D eigenvalue weighted by atomic mass is 10.0. The van der Waals surface area contributed by atoms with Crippen LogP contribution in [-0.4, -0.2) is 5.60 Å². The molecule has 0 atom stereocenters. The van der Waals surface area contributed by atoms with Crippen LogP contribution >= 0.6 is 11.6 Å². The molecule has 0 aliphatic carbocycles. The molecule has 0 N–H and O–H groups in total. The first-order valence-corrected chi connectivity index (χ1v) is 4.34. The number of hydrogen-bond donors (Lipinski definition) is 0. The van der Waals surface area contributed by atoms with Crippen LogP contribution in [0.2, 0.25) is 5.02 Å². The topological polar surface area (TPSA) is 9.23 Å². The van der Waals surface area contributed by atoms with Crippen LogP contribution in [0.15, 0.2) is 12.1 Å². The van der Waals surface area contributed by atoms with Crippen LogP contribution in [0.3, 0.4) is 0 Å². The molecule has 2 heteroatoms. The molecule has 1 aliphatic heterocycles. The van der Waals surface area contributed by atoms with E-state index in [1.165, 1.54) is 0 Å². The Labute approximate surface area is 77.3 Å². The third-order valence-corrected chi connectivity index (χ3v) is 2.25. The standard InChI is InChI=1S/C10H10ClO/c1-10(2)6-7-4-3-5-8(11)9(7)12-10/h4-5H,6H2,1-2H3. The first-order chi connectivity index (χ1) is 5.58. The summed E-state index contributed by atoms with van der Waals surface area (Å²) < 4.78 is 5.67. The molecule has 2 rings (SSSR count). The molecule has 1 aliphatic rings. The van der Waals surface area contributed by atoms with Crippen LogP contribution < -0.4 is 4.74 Å². The van der Waals surface area contributed by atoms with Crippen LogP contribution in [0, 0.1) is 6.07 Å². The van der Waals surface area contributed by atoms with Gasteiger partial charge in [-0.3, -0.25) is 0 Å². The Hall–Kier alpha value is -0.690. The first-order valence-electron chi connectivity index (χ1n) is 3.96. The SMILES string of the molecule is CC1(C)Cc2c[c]cc(Cl)c2O1. The van der Waals surface area contributed by atoms with Gasteiger partial charge in [-0.1, -0.05) is 11.6 Å². The van der Waals surface area contributed by atoms with Crippen LogP contribution in [0.1, 0.15) is 19.4 Å². The lowest BCUT2D eigenvalue weighted by Crippen LogP contribution is -2.24. The Bertz CT molecular complexity index is 318. The zero-order valence-electron chi connectivity index (χ0n) is 7.15. The van der Waals surface area contributed by atoms with Gasteiger partial charge in [0.1, 0.15) is 11.4 Å². The highest BCUT2D eigenvalue weighted by molar-refractivity contribution is 6.32. The van der Waals surface area contributed by atoms with Crippen molar-refractivity contribution in [2.24, 2.45) is 0 Å². The Morgan fingerprint density at radius 1 is 1.50 bits per heavy atom. The van der Waals surface area contributed by atoms with E-state index in [0.29, 0.717) is 5.02 Å². The fraction of sp³-hybridized carbons (Fsp3) is 0.400. The number of halogens is 1. The smallest absolute Gasteiger partial charge is 0.142 e. The highest BCUT2D eigenvalue weighted by Crippen LogP contribution is 2.39. The molecule has 0 unspecified atom stereocenters. The molecule has 1 heterocycles. The lowest BCUT2D eigenvalue weighted by Gasteiger charge is -2.17. The number of fused-ring (bicyclic) bond motifs is 1. The third kappa shape index (κ3) is 1.18. The van der Waals surface area contributed by atoms with E-state index in [-0.39, 0.29) is 5.60 Å².